The Labute approximate surface area is 191 Å². The molecule has 1 heterocycles. The van der Waals surface area contributed by atoms with Crippen LogP contribution in [0.15, 0.2) is 72.8 Å². The summed E-state index contributed by atoms with van der Waals surface area (Å²) in [5.74, 6) is -1.35. The molecule has 0 saturated heterocycles. The van der Waals surface area contributed by atoms with Crippen LogP contribution in [0.2, 0.25) is 0 Å². The highest BCUT2D eigenvalue weighted by Gasteiger charge is 2.35. The highest BCUT2D eigenvalue weighted by molar-refractivity contribution is 6.22. The summed E-state index contributed by atoms with van der Waals surface area (Å²) in [6, 6.07) is 21.1. The maximum Gasteiger partial charge on any atom is 0.261 e. The average Bonchev–Trinajstić information content (AvgIpc) is 3.04. The number of fused-ring (bicyclic) bond motifs is 1. The van der Waals surface area contributed by atoms with Crippen LogP contribution in [0, 0.1) is 0 Å². The summed E-state index contributed by atoms with van der Waals surface area (Å²) in [5, 5.41) is 5.41. The standard InChI is InChI=1S/C26H23N3O4/c1-17(30)27-20-10-5-11-21(16-20)28-24(31)19-12-13-22-23(15-19)26(33)29(25(22)32)14-6-9-18-7-3-2-4-8-18/h2-5,7-8,10-13,15-16H,6,9,14H2,1H3,(H,27,30)(H,28,31). The van der Waals surface area contributed by atoms with Gasteiger partial charge in [-0.1, -0.05) is 36.4 Å². The molecule has 0 aromatic heterocycles. The molecule has 0 spiro atoms. The van der Waals surface area contributed by atoms with Crippen LogP contribution in [0.5, 0.6) is 0 Å². The maximum atomic E-state index is 12.9. The number of anilines is 2. The molecule has 33 heavy (non-hydrogen) atoms. The van der Waals surface area contributed by atoms with E-state index >= 15 is 0 Å². The van der Waals surface area contributed by atoms with Crippen molar-refractivity contribution in [3.63, 3.8) is 0 Å². The molecule has 0 bridgehead atoms. The summed E-state index contributed by atoms with van der Waals surface area (Å²) in [7, 11) is 0. The van der Waals surface area contributed by atoms with Crippen LogP contribution < -0.4 is 10.6 Å². The van der Waals surface area contributed by atoms with E-state index in [1.165, 1.54) is 30.0 Å². The van der Waals surface area contributed by atoms with Crippen molar-refractivity contribution in [2.75, 3.05) is 17.2 Å². The van der Waals surface area contributed by atoms with Crippen molar-refractivity contribution in [2.24, 2.45) is 0 Å². The van der Waals surface area contributed by atoms with Gasteiger partial charge in [-0.25, -0.2) is 0 Å². The predicted molar refractivity (Wildman–Crippen MR) is 125 cm³/mol. The molecular formula is C26H23N3O4. The van der Waals surface area contributed by atoms with Gasteiger partial charge in [-0.3, -0.25) is 24.1 Å². The highest BCUT2D eigenvalue weighted by Crippen LogP contribution is 2.25. The summed E-state index contributed by atoms with van der Waals surface area (Å²) < 4.78 is 0. The number of rotatable bonds is 7. The molecule has 7 nitrogen and oxygen atoms in total. The highest BCUT2D eigenvalue weighted by atomic mass is 16.2. The van der Waals surface area contributed by atoms with Crippen LogP contribution in [0.1, 0.15) is 50.0 Å². The lowest BCUT2D eigenvalue weighted by molar-refractivity contribution is -0.114. The average molecular weight is 441 g/mol. The van der Waals surface area contributed by atoms with Crippen molar-refractivity contribution in [1.82, 2.24) is 4.90 Å². The Morgan fingerprint density at radius 1 is 0.788 bits per heavy atom. The molecule has 0 aliphatic carbocycles. The van der Waals surface area contributed by atoms with Crippen molar-refractivity contribution >= 4 is 35.0 Å². The number of carbonyl (C=O) groups excluding carboxylic acids is 4. The normalized spacial score (nSPS) is 12.5. The lowest BCUT2D eigenvalue weighted by Gasteiger charge is -2.13. The van der Waals surface area contributed by atoms with E-state index in [0.717, 1.165) is 12.0 Å². The third-order valence-corrected chi connectivity index (χ3v) is 5.36. The zero-order chi connectivity index (χ0) is 23.4. The molecular weight excluding hydrogens is 418 g/mol. The van der Waals surface area contributed by atoms with E-state index in [-0.39, 0.29) is 28.8 Å². The smallest absolute Gasteiger partial charge is 0.261 e. The first kappa shape index (κ1) is 22.0. The molecule has 0 atom stereocenters. The first-order valence-corrected chi connectivity index (χ1v) is 10.7. The molecule has 2 N–H and O–H groups in total. The molecule has 1 aliphatic heterocycles. The van der Waals surface area contributed by atoms with Crippen LogP contribution in [-0.4, -0.2) is 35.1 Å². The largest absolute Gasteiger partial charge is 0.326 e. The van der Waals surface area contributed by atoms with E-state index < -0.39 is 5.91 Å². The van der Waals surface area contributed by atoms with Crippen LogP contribution in [0.4, 0.5) is 11.4 Å². The summed E-state index contributed by atoms with van der Waals surface area (Å²) >= 11 is 0. The van der Waals surface area contributed by atoms with Crippen LogP contribution in [-0.2, 0) is 11.2 Å². The number of nitrogens with one attached hydrogen (secondary N) is 2. The fourth-order valence-corrected chi connectivity index (χ4v) is 3.80. The summed E-state index contributed by atoms with van der Waals surface area (Å²) in [4.78, 5) is 50.8. The molecule has 0 saturated carbocycles. The Morgan fingerprint density at radius 2 is 1.48 bits per heavy atom. The van der Waals surface area contributed by atoms with Crippen LogP contribution >= 0.6 is 0 Å². The Bertz CT molecular complexity index is 1240. The second-order valence-corrected chi connectivity index (χ2v) is 7.83. The molecule has 4 amide bonds. The summed E-state index contributed by atoms with van der Waals surface area (Å²) in [6.45, 7) is 1.72. The molecule has 0 unspecified atom stereocenters. The van der Waals surface area contributed by atoms with E-state index in [0.29, 0.717) is 29.9 Å². The van der Waals surface area contributed by atoms with Gasteiger partial charge < -0.3 is 10.6 Å². The Balaban J connectivity index is 1.44. The fourth-order valence-electron chi connectivity index (χ4n) is 3.80. The Kier molecular flexibility index (Phi) is 6.31. The zero-order valence-electron chi connectivity index (χ0n) is 18.1. The van der Waals surface area contributed by atoms with Gasteiger partial charge in [0.2, 0.25) is 5.91 Å². The molecule has 3 aromatic carbocycles. The van der Waals surface area contributed by atoms with Crippen molar-refractivity contribution < 1.29 is 19.2 Å². The summed E-state index contributed by atoms with van der Waals surface area (Å²) in [6.07, 6.45) is 1.42. The second-order valence-electron chi connectivity index (χ2n) is 7.83. The van der Waals surface area contributed by atoms with Gasteiger partial charge in [-0.15, -0.1) is 0 Å². The van der Waals surface area contributed by atoms with Gasteiger partial charge >= 0.3 is 0 Å². The van der Waals surface area contributed by atoms with Crippen molar-refractivity contribution in [3.8, 4) is 0 Å². The van der Waals surface area contributed by atoms with Gasteiger partial charge in [-0.2, -0.15) is 0 Å². The minimum Gasteiger partial charge on any atom is -0.326 e. The van der Waals surface area contributed by atoms with Gasteiger partial charge in [-0.05, 0) is 54.8 Å². The quantitative estimate of drug-likeness (QED) is 0.539. The lowest BCUT2D eigenvalue weighted by Crippen LogP contribution is -2.31. The van der Waals surface area contributed by atoms with Crippen molar-refractivity contribution in [1.29, 1.82) is 0 Å². The first-order chi connectivity index (χ1) is 15.9. The molecule has 166 valence electrons. The number of hydrogen-bond donors (Lipinski definition) is 2. The van der Waals surface area contributed by atoms with Crippen LogP contribution in [0.25, 0.3) is 0 Å². The molecule has 0 fully saturated rings. The van der Waals surface area contributed by atoms with E-state index in [1.54, 1.807) is 24.3 Å². The number of carbonyl (C=O) groups is 4. The lowest BCUT2D eigenvalue weighted by atomic mass is 10.1. The van der Waals surface area contributed by atoms with E-state index in [1.807, 2.05) is 30.3 Å². The Hall–Kier alpha value is -4.26. The van der Waals surface area contributed by atoms with E-state index in [9.17, 15) is 19.2 Å². The third-order valence-electron chi connectivity index (χ3n) is 5.36. The Morgan fingerprint density at radius 3 is 2.21 bits per heavy atom. The number of hydrogen-bond acceptors (Lipinski definition) is 4. The minimum absolute atomic E-state index is 0.214. The van der Waals surface area contributed by atoms with Crippen molar-refractivity contribution in [2.45, 2.75) is 19.8 Å². The molecule has 1 aliphatic rings. The second kappa shape index (κ2) is 9.48. The SMILES string of the molecule is CC(=O)Nc1cccc(NC(=O)c2ccc3c(c2)C(=O)N(CCCc2ccccc2)C3=O)c1. The van der Waals surface area contributed by atoms with E-state index in [2.05, 4.69) is 10.6 Å². The van der Waals surface area contributed by atoms with E-state index in [4.69, 9.17) is 0 Å². The monoisotopic (exact) mass is 441 g/mol. The molecule has 0 radical (unpaired) electrons. The third kappa shape index (κ3) is 4.98. The number of amides is 4. The van der Waals surface area contributed by atoms with Gasteiger partial charge in [0.1, 0.15) is 0 Å². The van der Waals surface area contributed by atoms with Crippen molar-refractivity contribution in [3.05, 3.63) is 95.1 Å². The molecule has 4 rings (SSSR count). The van der Waals surface area contributed by atoms with Gasteiger partial charge in [0, 0.05) is 30.4 Å². The molecule has 7 heteroatoms. The van der Waals surface area contributed by atoms with Crippen LogP contribution in [0.3, 0.4) is 0 Å². The topological polar surface area (TPSA) is 95.6 Å². The van der Waals surface area contributed by atoms with Gasteiger partial charge in [0.25, 0.3) is 17.7 Å². The number of benzene rings is 3. The van der Waals surface area contributed by atoms with Gasteiger partial charge in [0.05, 0.1) is 11.1 Å². The first-order valence-electron chi connectivity index (χ1n) is 10.7. The predicted octanol–water partition coefficient (Wildman–Crippen LogP) is 4.13. The fraction of sp³-hybridized carbons (Fsp3) is 0.154. The zero-order valence-corrected chi connectivity index (χ0v) is 18.1. The van der Waals surface area contributed by atoms with Gasteiger partial charge in [0.15, 0.2) is 0 Å². The minimum atomic E-state index is -0.416. The number of aryl methyl sites for hydroxylation is 1. The number of imide groups is 1. The maximum absolute atomic E-state index is 12.9. The summed E-state index contributed by atoms with van der Waals surface area (Å²) in [5.41, 5.74) is 3.02. The molecule has 3 aromatic rings. The number of nitrogens with zero attached hydrogens (tertiary/aromatic N) is 1.